The first-order chi connectivity index (χ1) is 19.4. The molecule has 4 N–H and O–H groups in total. The van der Waals surface area contributed by atoms with Crippen molar-refractivity contribution < 1.29 is 14.3 Å². The van der Waals surface area contributed by atoms with Crippen molar-refractivity contribution in [3.8, 4) is 11.5 Å². The second-order valence-electron chi connectivity index (χ2n) is 9.26. The van der Waals surface area contributed by atoms with E-state index in [-0.39, 0.29) is 23.6 Å². The number of hydrogen-bond donors (Lipinski definition) is 2. The minimum absolute atomic E-state index is 0.0947. The second-order valence-corrected chi connectivity index (χ2v) is 9.26. The molecule has 0 fully saturated rings. The molecule has 40 heavy (non-hydrogen) atoms. The summed E-state index contributed by atoms with van der Waals surface area (Å²) in [5.41, 5.74) is 17.4. The lowest BCUT2D eigenvalue weighted by molar-refractivity contribution is 0.104. The van der Waals surface area contributed by atoms with Gasteiger partial charge in [-0.15, -0.1) is 0 Å². The molecule has 0 unspecified atom stereocenters. The second kappa shape index (κ2) is 11.2. The van der Waals surface area contributed by atoms with Gasteiger partial charge in [-0.3, -0.25) is 14.8 Å². The molecule has 5 rings (SSSR count). The summed E-state index contributed by atoms with van der Waals surface area (Å²) in [4.78, 5) is 26.1. The molecule has 0 amide bonds. The number of allylic oxidation sites excluding steroid dienone is 1. The molecule has 0 spiro atoms. The molecule has 1 aliphatic rings. The van der Waals surface area contributed by atoms with Crippen LogP contribution in [0.1, 0.15) is 49.9 Å². The molecule has 1 aliphatic heterocycles. The third kappa shape index (κ3) is 5.32. The fourth-order valence-corrected chi connectivity index (χ4v) is 4.64. The zero-order valence-corrected chi connectivity index (χ0v) is 22.4. The van der Waals surface area contributed by atoms with Crippen molar-refractivity contribution in [2.45, 2.75) is 19.4 Å². The van der Waals surface area contributed by atoms with Gasteiger partial charge in [-0.2, -0.15) is 10.1 Å². The Bertz CT molecular complexity index is 1620. The molecule has 3 heterocycles. The van der Waals surface area contributed by atoms with Gasteiger partial charge in [0.25, 0.3) is 0 Å². The SMILES string of the molecule is COc1cc(Cc2cnc(N)nc2N)cc(C(=O)/C=C/N2N=Cc3ccccc3[C@@H]2c2ccc(C)nc2)c1OC. The van der Waals surface area contributed by atoms with Crippen LogP contribution in [0, 0.1) is 6.92 Å². The number of ether oxygens (including phenoxy) is 2. The van der Waals surface area contributed by atoms with Crippen molar-refractivity contribution >= 4 is 23.8 Å². The van der Waals surface area contributed by atoms with Gasteiger partial charge in [0.2, 0.25) is 5.95 Å². The van der Waals surface area contributed by atoms with Crippen LogP contribution in [0.25, 0.3) is 0 Å². The minimum Gasteiger partial charge on any atom is -0.493 e. The molecular formula is C30H29N7O3. The van der Waals surface area contributed by atoms with Gasteiger partial charge in [-0.25, -0.2) is 4.98 Å². The van der Waals surface area contributed by atoms with Gasteiger partial charge in [0.15, 0.2) is 17.3 Å². The summed E-state index contributed by atoms with van der Waals surface area (Å²) >= 11 is 0. The lowest BCUT2D eigenvalue weighted by Gasteiger charge is -2.31. The molecular weight excluding hydrogens is 506 g/mol. The van der Waals surface area contributed by atoms with Crippen LogP contribution < -0.4 is 20.9 Å². The average Bonchev–Trinajstić information content (AvgIpc) is 2.97. The molecule has 0 radical (unpaired) electrons. The zero-order chi connectivity index (χ0) is 28.2. The van der Waals surface area contributed by atoms with E-state index in [0.717, 1.165) is 27.9 Å². The number of carbonyl (C=O) groups is 1. The summed E-state index contributed by atoms with van der Waals surface area (Å²) in [7, 11) is 3.02. The Morgan fingerprint density at radius 3 is 2.60 bits per heavy atom. The maximum atomic E-state index is 13.6. The molecule has 4 aromatic rings. The van der Waals surface area contributed by atoms with Gasteiger partial charge in [0.1, 0.15) is 11.9 Å². The van der Waals surface area contributed by atoms with Crippen molar-refractivity contribution in [1.82, 2.24) is 20.0 Å². The van der Waals surface area contributed by atoms with Crippen LogP contribution in [0.3, 0.4) is 0 Å². The summed E-state index contributed by atoms with van der Waals surface area (Å²) < 4.78 is 11.1. The first-order valence-electron chi connectivity index (χ1n) is 12.6. The third-order valence-corrected chi connectivity index (χ3v) is 6.63. The summed E-state index contributed by atoms with van der Waals surface area (Å²) in [6.07, 6.45) is 8.70. The predicted molar refractivity (Wildman–Crippen MR) is 153 cm³/mol. The monoisotopic (exact) mass is 535 g/mol. The largest absolute Gasteiger partial charge is 0.493 e. The number of nitrogens with two attached hydrogens (primary N) is 2. The van der Waals surface area contributed by atoms with E-state index in [1.165, 1.54) is 20.3 Å². The van der Waals surface area contributed by atoms with Gasteiger partial charge >= 0.3 is 0 Å². The Morgan fingerprint density at radius 2 is 1.88 bits per heavy atom. The summed E-state index contributed by atoms with van der Waals surface area (Å²) in [5.74, 6) is 0.829. The van der Waals surface area contributed by atoms with Crippen molar-refractivity contribution in [1.29, 1.82) is 0 Å². The number of aryl methyl sites for hydroxylation is 1. The molecule has 0 saturated heterocycles. The van der Waals surface area contributed by atoms with E-state index in [2.05, 4.69) is 26.1 Å². The number of pyridine rings is 1. The van der Waals surface area contributed by atoms with E-state index in [1.54, 1.807) is 35.8 Å². The number of anilines is 2. The fourth-order valence-electron chi connectivity index (χ4n) is 4.64. The smallest absolute Gasteiger partial charge is 0.221 e. The molecule has 0 saturated carbocycles. The summed E-state index contributed by atoms with van der Waals surface area (Å²) in [6, 6.07) is 15.3. The number of hydrazone groups is 1. The lowest BCUT2D eigenvalue weighted by atomic mass is 9.94. The van der Waals surface area contributed by atoms with E-state index in [1.807, 2.05) is 43.5 Å². The molecule has 1 atom stereocenters. The van der Waals surface area contributed by atoms with Gasteiger partial charge in [0.05, 0.1) is 26.0 Å². The lowest BCUT2D eigenvalue weighted by Crippen LogP contribution is -2.25. The highest BCUT2D eigenvalue weighted by Gasteiger charge is 2.26. The van der Waals surface area contributed by atoms with Crippen molar-refractivity contribution in [2.24, 2.45) is 5.10 Å². The number of carbonyl (C=O) groups excluding carboxylic acids is 1. The Morgan fingerprint density at radius 1 is 1.05 bits per heavy atom. The number of aromatic nitrogens is 3. The van der Waals surface area contributed by atoms with E-state index >= 15 is 0 Å². The van der Waals surface area contributed by atoms with E-state index in [4.69, 9.17) is 20.9 Å². The molecule has 0 bridgehead atoms. The number of hydrogen-bond acceptors (Lipinski definition) is 10. The Hall–Kier alpha value is -5.25. The quantitative estimate of drug-likeness (QED) is 0.252. The van der Waals surface area contributed by atoms with Crippen LogP contribution in [0.5, 0.6) is 11.5 Å². The zero-order valence-electron chi connectivity index (χ0n) is 22.4. The number of fused-ring (bicyclic) bond motifs is 1. The number of nitrogens with zero attached hydrogens (tertiary/aromatic N) is 5. The molecule has 2 aromatic heterocycles. The molecule has 10 heteroatoms. The van der Waals surface area contributed by atoms with Crippen LogP contribution in [0.4, 0.5) is 11.8 Å². The summed E-state index contributed by atoms with van der Waals surface area (Å²) in [5, 5.41) is 6.39. The van der Waals surface area contributed by atoms with Crippen molar-refractivity contribution in [3.63, 3.8) is 0 Å². The number of methoxy groups -OCH3 is 2. The van der Waals surface area contributed by atoms with Crippen LogP contribution in [-0.4, -0.2) is 46.2 Å². The Kier molecular flexibility index (Phi) is 7.41. The van der Waals surface area contributed by atoms with Gasteiger partial charge in [-0.1, -0.05) is 30.3 Å². The summed E-state index contributed by atoms with van der Waals surface area (Å²) in [6.45, 7) is 1.94. The average molecular weight is 536 g/mol. The third-order valence-electron chi connectivity index (χ3n) is 6.63. The van der Waals surface area contributed by atoms with Gasteiger partial charge < -0.3 is 20.9 Å². The van der Waals surface area contributed by atoms with Crippen LogP contribution in [0.2, 0.25) is 0 Å². The van der Waals surface area contributed by atoms with Gasteiger partial charge in [0, 0.05) is 47.9 Å². The minimum atomic E-state index is -0.284. The van der Waals surface area contributed by atoms with E-state index in [0.29, 0.717) is 29.0 Å². The number of rotatable bonds is 8. The van der Waals surface area contributed by atoms with E-state index < -0.39 is 0 Å². The normalized spacial score (nSPS) is 14.3. The van der Waals surface area contributed by atoms with Crippen molar-refractivity contribution in [3.05, 3.63) is 112 Å². The van der Waals surface area contributed by atoms with Crippen LogP contribution in [0.15, 0.2) is 78.3 Å². The number of ketones is 1. The maximum absolute atomic E-state index is 13.6. The molecule has 0 aliphatic carbocycles. The van der Waals surface area contributed by atoms with Crippen LogP contribution in [-0.2, 0) is 6.42 Å². The predicted octanol–water partition coefficient (Wildman–Crippen LogP) is 4.09. The Balaban J connectivity index is 1.49. The van der Waals surface area contributed by atoms with E-state index in [9.17, 15) is 4.79 Å². The molecule has 10 nitrogen and oxygen atoms in total. The fraction of sp³-hybridized carbons (Fsp3) is 0.167. The first kappa shape index (κ1) is 26.4. The number of benzene rings is 2. The maximum Gasteiger partial charge on any atom is 0.221 e. The highest BCUT2D eigenvalue weighted by molar-refractivity contribution is 6.07. The topological polar surface area (TPSA) is 142 Å². The number of nitrogen functional groups attached to an aromatic ring is 2. The van der Waals surface area contributed by atoms with Gasteiger partial charge in [-0.05, 0) is 41.8 Å². The van der Waals surface area contributed by atoms with Crippen LogP contribution >= 0.6 is 0 Å². The van der Waals surface area contributed by atoms with Crippen molar-refractivity contribution in [2.75, 3.05) is 25.7 Å². The highest BCUT2D eigenvalue weighted by Crippen LogP contribution is 2.36. The molecule has 202 valence electrons. The first-order valence-corrected chi connectivity index (χ1v) is 12.6. The standard InChI is InChI=1S/C30H29N7O3/c1-18-8-9-21(15-33-18)27-23-7-5-4-6-20(23)17-35-37(27)11-10-25(38)24-13-19(14-26(39-2)28(24)40-3)12-22-16-34-30(32)36-29(22)31/h4-11,13-17,27H,12H2,1-3H3,(H4,31,32,34,36)/b11-10+/t27-/m0/s1. The molecule has 2 aromatic carbocycles. The Labute approximate surface area is 232 Å². The highest BCUT2D eigenvalue weighted by atomic mass is 16.5.